The van der Waals surface area contributed by atoms with Gasteiger partial charge in [-0.05, 0) is 27.7 Å². The maximum absolute atomic E-state index is 10.8. The normalized spacial score (nSPS) is 11.6. The Morgan fingerprint density at radius 3 is 2.26 bits per heavy atom. The number of phenols is 1. The Bertz CT molecular complexity index is 467. The molecule has 6 heteroatoms. The van der Waals surface area contributed by atoms with Gasteiger partial charge in [-0.2, -0.15) is 0 Å². The first-order valence-electron chi connectivity index (χ1n) is 6.15. The first-order chi connectivity index (χ1) is 8.73. The summed E-state index contributed by atoms with van der Waals surface area (Å²) in [5, 5.41) is 20.8. The average Bonchev–Trinajstić information content (AvgIpc) is 2.29. The summed E-state index contributed by atoms with van der Waals surface area (Å²) in [5.74, 6) is -0.0847. The van der Waals surface area contributed by atoms with Crippen LogP contribution in [0.3, 0.4) is 0 Å². The Kier molecular flexibility index (Phi) is 5.14. The van der Waals surface area contributed by atoms with Crippen LogP contribution >= 0.6 is 11.6 Å². The van der Waals surface area contributed by atoms with Gasteiger partial charge in [-0.25, -0.2) is 0 Å². The van der Waals surface area contributed by atoms with E-state index >= 15 is 0 Å². The molecule has 0 unspecified atom stereocenters. The van der Waals surface area contributed by atoms with Gasteiger partial charge in [0.25, 0.3) is 5.69 Å². The van der Waals surface area contributed by atoms with Crippen LogP contribution in [-0.2, 0) is 6.54 Å². The lowest BCUT2D eigenvalue weighted by Gasteiger charge is -2.30. The van der Waals surface area contributed by atoms with Gasteiger partial charge in [0.15, 0.2) is 0 Å². The summed E-state index contributed by atoms with van der Waals surface area (Å²) in [6.07, 6.45) is 0. The quantitative estimate of drug-likeness (QED) is 0.664. The molecule has 0 aliphatic heterocycles. The standard InChI is InChI=1S/C13H19ClN2O3/c1-8(2)15(9(3)4)7-10-5-11(16(18)19)6-12(14)13(10)17/h5-6,8-9,17H,7H2,1-4H3. The smallest absolute Gasteiger partial charge is 0.271 e. The van der Waals surface area contributed by atoms with Crippen molar-refractivity contribution in [1.82, 2.24) is 4.90 Å². The molecule has 106 valence electrons. The first-order valence-corrected chi connectivity index (χ1v) is 6.53. The van der Waals surface area contributed by atoms with Gasteiger partial charge in [0.05, 0.1) is 9.95 Å². The van der Waals surface area contributed by atoms with Crippen LogP contribution in [0.15, 0.2) is 12.1 Å². The lowest BCUT2D eigenvalue weighted by molar-refractivity contribution is -0.384. The number of nitrogens with zero attached hydrogens (tertiary/aromatic N) is 2. The predicted octanol–water partition coefficient (Wildman–Crippen LogP) is 3.57. The van der Waals surface area contributed by atoms with E-state index < -0.39 is 4.92 Å². The van der Waals surface area contributed by atoms with Crippen molar-refractivity contribution in [2.45, 2.75) is 46.3 Å². The minimum atomic E-state index is -0.510. The van der Waals surface area contributed by atoms with Crippen molar-refractivity contribution < 1.29 is 10.0 Å². The van der Waals surface area contributed by atoms with E-state index in [1.807, 2.05) is 27.7 Å². The third-order valence-corrected chi connectivity index (χ3v) is 3.31. The molecule has 5 nitrogen and oxygen atoms in total. The molecule has 0 aliphatic carbocycles. The molecule has 0 aromatic heterocycles. The van der Waals surface area contributed by atoms with Crippen LogP contribution in [0, 0.1) is 10.1 Å². The summed E-state index contributed by atoms with van der Waals surface area (Å²) < 4.78 is 0. The van der Waals surface area contributed by atoms with Gasteiger partial charge in [0, 0.05) is 36.3 Å². The molecule has 0 radical (unpaired) electrons. The summed E-state index contributed by atoms with van der Waals surface area (Å²) in [6, 6.07) is 3.06. The van der Waals surface area contributed by atoms with Crippen molar-refractivity contribution in [3.8, 4) is 5.75 Å². The van der Waals surface area contributed by atoms with Gasteiger partial charge in [-0.3, -0.25) is 15.0 Å². The van der Waals surface area contributed by atoms with E-state index in [4.69, 9.17) is 11.6 Å². The summed E-state index contributed by atoms with van der Waals surface area (Å²) >= 11 is 5.83. The van der Waals surface area contributed by atoms with Crippen molar-refractivity contribution >= 4 is 17.3 Å². The van der Waals surface area contributed by atoms with Crippen LogP contribution in [0.1, 0.15) is 33.3 Å². The first kappa shape index (κ1) is 15.7. The van der Waals surface area contributed by atoms with Crippen LogP contribution in [-0.4, -0.2) is 27.0 Å². The van der Waals surface area contributed by atoms with Crippen molar-refractivity contribution in [3.05, 3.63) is 32.8 Å². The SMILES string of the molecule is CC(C)N(Cc1cc([N+](=O)[O-])cc(Cl)c1O)C(C)C. The van der Waals surface area contributed by atoms with E-state index in [1.54, 1.807) is 0 Å². The highest BCUT2D eigenvalue weighted by Crippen LogP contribution is 2.33. The molecule has 0 saturated carbocycles. The van der Waals surface area contributed by atoms with Gasteiger partial charge in [0.2, 0.25) is 0 Å². The molecule has 0 saturated heterocycles. The molecule has 0 bridgehead atoms. The molecule has 0 atom stereocenters. The number of rotatable bonds is 5. The van der Waals surface area contributed by atoms with E-state index in [-0.39, 0.29) is 28.5 Å². The largest absolute Gasteiger partial charge is 0.506 e. The summed E-state index contributed by atoms with van der Waals surface area (Å²) in [4.78, 5) is 12.4. The van der Waals surface area contributed by atoms with Crippen LogP contribution < -0.4 is 0 Å². The highest BCUT2D eigenvalue weighted by atomic mass is 35.5. The second-order valence-electron chi connectivity index (χ2n) is 5.05. The van der Waals surface area contributed by atoms with Crippen molar-refractivity contribution in [3.63, 3.8) is 0 Å². The van der Waals surface area contributed by atoms with Gasteiger partial charge in [0.1, 0.15) is 5.75 Å². The summed E-state index contributed by atoms with van der Waals surface area (Å²) in [6.45, 7) is 8.57. The number of benzene rings is 1. The molecule has 1 aromatic carbocycles. The number of phenolic OH excluding ortho intramolecular Hbond substituents is 1. The number of nitro benzene ring substituents is 1. The van der Waals surface area contributed by atoms with Gasteiger partial charge < -0.3 is 5.11 Å². The molecule has 0 spiro atoms. The van der Waals surface area contributed by atoms with E-state index in [9.17, 15) is 15.2 Å². The molecule has 0 heterocycles. The van der Waals surface area contributed by atoms with Gasteiger partial charge >= 0.3 is 0 Å². The minimum Gasteiger partial charge on any atom is -0.506 e. The fraction of sp³-hybridized carbons (Fsp3) is 0.538. The monoisotopic (exact) mass is 286 g/mol. The van der Waals surface area contributed by atoms with Crippen LogP contribution in [0.2, 0.25) is 5.02 Å². The van der Waals surface area contributed by atoms with Gasteiger partial charge in [-0.15, -0.1) is 0 Å². The fourth-order valence-corrected chi connectivity index (χ4v) is 2.26. The zero-order valence-corrected chi connectivity index (χ0v) is 12.3. The van der Waals surface area contributed by atoms with E-state index in [0.717, 1.165) is 6.07 Å². The van der Waals surface area contributed by atoms with E-state index in [1.165, 1.54) is 6.07 Å². The molecule has 1 N–H and O–H groups in total. The van der Waals surface area contributed by atoms with Crippen LogP contribution in [0.4, 0.5) is 5.69 Å². The molecule has 0 aliphatic rings. The number of hydrogen-bond donors (Lipinski definition) is 1. The highest BCUT2D eigenvalue weighted by molar-refractivity contribution is 6.32. The highest BCUT2D eigenvalue weighted by Gasteiger charge is 2.20. The maximum atomic E-state index is 10.8. The molecule has 1 rings (SSSR count). The van der Waals surface area contributed by atoms with Crippen LogP contribution in [0.25, 0.3) is 0 Å². The molecule has 1 aromatic rings. The van der Waals surface area contributed by atoms with Crippen molar-refractivity contribution in [2.75, 3.05) is 0 Å². The van der Waals surface area contributed by atoms with E-state index in [2.05, 4.69) is 4.90 Å². The van der Waals surface area contributed by atoms with E-state index in [0.29, 0.717) is 12.1 Å². The second-order valence-corrected chi connectivity index (χ2v) is 5.46. The third kappa shape index (κ3) is 3.81. The Morgan fingerprint density at radius 1 is 1.32 bits per heavy atom. The Balaban J connectivity index is 3.15. The average molecular weight is 287 g/mol. The molecular weight excluding hydrogens is 268 g/mol. The Labute approximate surface area is 117 Å². The number of halogens is 1. The Morgan fingerprint density at radius 2 is 1.84 bits per heavy atom. The topological polar surface area (TPSA) is 66.6 Å². The zero-order valence-electron chi connectivity index (χ0n) is 11.6. The lowest BCUT2D eigenvalue weighted by Crippen LogP contribution is -2.36. The lowest BCUT2D eigenvalue weighted by atomic mass is 10.1. The molecule has 0 fully saturated rings. The molecular formula is C13H19ClN2O3. The van der Waals surface area contributed by atoms with Crippen molar-refractivity contribution in [2.24, 2.45) is 0 Å². The summed E-state index contributed by atoms with van der Waals surface area (Å²) in [5.41, 5.74) is 0.367. The second kappa shape index (κ2) is 6.21. The number of hydrogen-bond acceptors (Lipinski definition) is 4. The Hall–Kier alpha value is -1.33. The number of aromatic hydroxyl groups is 1. The number of non-ortho nitro benzene ring substituents is 1. The maximum Gasteiger partial charge on any atom is 0.271 e. The zero-order chi connectivity index (χ0) is 14.7. The third-order valence-electron chi connectivity index (χ3n) is 3.02. The van der Waals surface area contributed by atoms with Crippen molar-refractivity contribution in [1.29, 1.82) is 0 Å². The molecule has 19 heavy (non-hydrogen) atoms. The molecule has 0 amide bonds. The number of nitro groups is 1. The minimum absolute atomic E-state index is 0.0108. The predicted molar refractivity (Wildman–Crippen MR) is 75.6 cm³/mol. The van der Waals surface area contributed by atoms with Crippen LogP contribution in [0.5, 0.6) is 5.75 Å². The van der Waals surface area contributed by atoms with Gasteiger partial charge in [-0.1, -0.05) is 11.6 Å². The summed E-state index contributed by atoms with van der Waals surface area (Å²) in [7, 11) is 0. The fourth-order valence-electron chi connectivity index (χ4n) is 2.02.